The minimum absolute atomic E-state index is 0. The number of halogens is 1. The van der Waals surface area contributed by atoms with Gasteiger partial charge in [0, 0.05) is 31.7 Å². The van der Waals surface area contributed by atoms with Crippen LogP contribution in [0.2, 0.25) is 0 Å². The van der Waals surface area contributed by atoms with E-state index < -0.39 is 10.0 Å². The van der Waals surface area contributed by atoms with Crippen molar-refractivity contribution in [3.63, 3.8) is 0 Å². The van der Waals surface area contributed by atoms with Crippen LogP contribution in [0.4, 0.5) is 5.13 Å². The Kier molecular flexibility index (Phi) is 8.78. The molecule has 2 heterocycles. The van der Waals surface area contributed by atoms with E-state index in [9.17, 15) is 13.2 Å². The molecule has 0 saturated carbocycles. The first kappa shape index (κ1) is 29.2. The van der Waals surface area contributed by atoms with Gasteiger partial charge in [-0.1, -0.05) is 41.7 Å². The standard InChI is InChI=1S/C29H32N4O3S2.ClH/c1-20-17-21(2)27-26(18-20)37-29(30-27)33(16-15-31(3)4)28(34)23-9-11-25(12-10-23)38(35,36)32-14-13-22-7-5-6-8-24(22)19-32;/h5-12,17-18H,13-16,19H2,1-4H3;1H. The van der Waals surface area contributed by atoms with Gasteiger partial charge in [0.05, 0.1) is 15.1 Å². The molecule has 10 heteroatoms. The van der Waals surface area contributed by atoms with Crippen LogP contribution in [0.15, 0.2) is 65.6 Å². The van der Waals surface area contributed by atoms with Gasteiger partial charge in [-0.3, -0.25) is 9.69 Å². The van der Waals surface area contributed by atoms with Crippen molar-refractivity contribution in [2.24, 2.45) is 0 Å². The molecule has 4 aromatic rings. The Labute approximate surface area is 240 Å². The molecule has 39 heavy (non-hydrogen) atoms. The van der Waals surface area contributed by atoms with Crippen molar-refractivity contribution in [2.45, 2.75) is 31.7 Å². The van der Waals surface area contributed by atoms with Crippen molar-refractivity contribution in [1.82, 2.24) is 14.2 Å². The number of nitrogens with zero attached hydrogens (tertiary/aromatic N) is 4. The van der Waals surface area contributed by atoms with Crippen molar-refractivity contribution >= 4 is 55.0 Å². The quantitative estimate of drug-likeness (QED) is 0.295. The lowest BCUT2D eigenvalue weighted by atomic mass is 10.0. The summed E-state index contributed by atoms with van der Waals surface area (Å²) in [5.74, 6) is -0.198. The molecule has 1 amide bonds. The third-order valence-corrected chi connectivity index (χ3v) is 9.78. The first-order valence-electron chi connectivity index (χ1n) is 12.6. The second-order valence-corrected chi connectivity index (χ2v) is 13.0. The highest BCUT2D eigenvalue weighted by molar-refractivity contribution is 7.89. The van der Waals surface area contributed by atoms with Gasteiger partial charge in [-0.25, -0.2) is 13.4 Å². The molecule has 0 N–H and O–H groups in total. The maximum absolute atomic E-state index is 13.7. The van der Waals surface area contributed by atoms with Crippen LogP contribution in [0.1, 0.15) is 32.6 Å². The molecule has 5 rings (SSSR count). The summed E-state index contributed by atoms with van der Waals surface area (Å²) in [6.07, 6.45) is 0.688. The topological polar surface area (TPSA) is 73.8 Å². The number of hydrogen-bond donors (Lipinski definition) is 0. The number of fused-ring (bicyclic) bond motifs is 2. The predicted octanol–water partition coefficient (Wildman–Crippen LogP) is 5.29. The molecule has 0 spiro atoms. The molecule has 0 bridgehead atoms. The number of likely N-dealkylation sites (N-methyl/N-ethyl adjacent to an activating group) is 1. The fourth-order valence-corrected chi connectivity index (χ4v) is 7.39. The van der Waals surface area contributed by atoms with E-state index in [-0.39, 0.29) is 23.2 Å². The minimum atomic E-state index is -3.68. The predicted molar refractivity (Wildman–Crippen MR) is 161 cm³/mol. The van der Waals surface area contributed by atoms with Gasteiger partial charge in [0.25, 0.3) is 5.91 Å². The van der Waals surface area contributed by atoms with Crippen LogP contribution in [-0.4, -0.2) is 62.2 Å². The summed E-state index contributed by atoms with van der Waals surface area (Å²) in [5, 5.41) is 0.643. The Morgan fingerprint density at radius 1 is 1.00 bits per heavy atom. The summed E-state index contributed by atoms with van der Waals surface area (Å²) in [5.41, 5.74) is 5.80. The zero-order valence-corrected chi connectivity index (χ0v) is 25.0. The van der Waals surface area contributed by atoms with Gasteiger partial charge in [-0.2, -0.15) is 4.31 Å². The first-order valence-corrected chi connectivity index (χ1v) is 14.9. The van der Waals surface area contributed by atoms with E-state index in [1.54, 1.807) is 29.2 Å². The van der Waals surface area contributed by atoms with Crippen LogP contribution in [0.5, 0.6) is 0 Å². The Balaban J connectivity index is 0.00000353. The van der Waals surface area contributed by atoms with Gasteiger partial charge in [-0.15, -0.1) is 12.4 Å². The van der Waals surface area contributed by atoms with Gasteiger partial charge >= 0.3 is 0 Å². The van der Waals surface area contributed by atoms with Crippen LogP contribution in [0.25, 0.3) is 10.2 Å². The molecule has 3 aromatic carbocycles. The fraction of sp³-hybridized carbons (Fsp3) is 0.310. The van der Waals surface area contributed by atoms with Crippen LogP contribution in [0, 0.1) is 13.8 Å². The average Bonchev–Trinajstić information content (AvgIpc) is 3.32. The van der Waals surface area contributed by atoms with Crippen molar-refractivity contribution < 1.29 is 13.2 Å². The average molecular weight is 585 g/mol. The number of sulfonamides is 1. The van der Waals surface area contributed by atoms with Crippen molar-refractivity contribution in [1.29, 1.82) is 0 Å². The number of amides is 1. The summed E-state index contributed by atoms with van der Waals surface area (Å²) >= 11 is 1.50. The Morgan fingerprint density at radius 2 is 1.69 bits per heavy atom. The molecular weight excluding hydrogens is 552 g/mol. The van der Waals surface area contributed by atoms with Gasteiger partial charge in [0.1, 0.15) is 0 Å². The largest absolute Gasteiger partial charge is 0.308 e. The highest BCUT2D eigenvalue weighted by Gasteiger charge is 2.29. The van der Waals surface area contributed by atoms with Crippen molar-refractivity contribution in [2.75, 3.05) is 38.6 Å². The molecule has 7 nitrogen and oxygen atoms in total. The Morgan fingerprint density at radius 3 is 2.38 bits per heavy atom. The van der Waals surface area contributed by atoms with Crippen LogP contribution < -0.4 is 4.90 Å². The number of thiazole rings is 1. The molecule has 1 aliphatic heterocycles. The van der Waals surface area contributed by atoms with E-state index in [1.165, 1.54) is 21.2 Å². The summed E-state index contributed by atoms with van der Waals surface area (Å²) in [7, 11) is 0.255. The smallest absolute Gasteiger partial charge is 0.260 e. The number of rotatable bonds is 7. The third-order valence-electron chi connectivity index (χ3n) is 6.90. The zero-order valence-electron chi connectivity index (χ0n) is 22.5. The van der Waals surface area contributed by atoms with E-state index in [2.05, 4.69) is 25.1 Å². The number of benzene rings is 3. The number of carbonyl (C=O) groups excluding carboxylic acids is 1. The molecular formula is C29H33ClN4O3S2. The summed E-state index contributed by atoms with van der Waals surface area (Å²) < 4.78 is 29.3. The molecule has 1 aromatic heterocycles. The lowest BCUT2D eigenvalue weighted by Crippen LogP contribution is -2.37. The highest BCUT2D eigenvalue weighted by Crippen LogP contribution is 2.33. The molecule has 206 valence electrons. The summed E-state index contributed by atoms with van der Waals surface area (Å²) in [6.45, 7) is 6.02. The van der Waals surface area contributed by atoms with Crippen LogP contribution >= 0.6 is 23.7 Å². The summed E-state index contributed by atoms with van der Waals surface area (Å²) in [4.78, 5) is 22.4. The normalized spacial score (nSPS) is 13.8. The van der Waals surface area contributed by atoms with Crippen LogP contribution in [0.3, 0.4) is 0 Å². The molecule has 0 aliphatic carbocycles. The molecule has 1 aliphatic rings. The number of hydrogen-bond acceptors (Lipinski definition) is 6. The van der Waals surface area contributed by atoms with Gasteiger partial charge in [0.15, 0.2) is 5.13 Å². The lowest BCUT2D eigenvalue weighted by molar-refractivity contribution is 0.0985. The number of anilines is 1. The van der Waals surface area contributed by atoms with Gasteiger partial charge in [-0.05, 0) is 86.9 Å². The molecule has 0 radical (unpaired) electrons. The van der Waals surface area contributed by atoms with E-state index in [1.807, 2.05) is 44.1 Å². The Bertz CT molecular complexity index is 1600. The second-order valence-electron chi connectivity index (χ2n) is 10.1. The first-order chi connectivity index (χ1) is 18.1. The SMILES string of the molecule is Cc1cc(C)c2nc(N(CCN(C)C)C(=O)c3ccc(S(=O)(=O)N4CCc5ccccc5C4)cc3)sc2c1.Cl. The minimum Gasteiger partial charge on any atom is -0.308 e. The van der Waals surface area contributed by atoms with Crippen molar-refractivity contribution in [3.8, 4) is 0 Å². The monoisotopic (exact) mass is 584 g/mol. The fourth-order valence-electron chi connectivity index (χ4n) is 4.81. The van der Waals surface area contributed by atoms with E-state index in [0.717, 1.165) is 26.9 Å². The van der Waals surface area contributed by atoms with Crippen LogP contribution in [-0.2, 0) is 23.0 Å². The molecule has 0 fully saturated rings. The third kappa shape index (κ3) is 6.02. The molecule has 0 saturated heterocycles. The zero-order chi connectivity index (χ0) is 27.0. The number of aryl methyl sites for hydroxylation is 2. The maximum Gasteiger partial charge on any atom is 0.260 e. The second kappa shape index (κ2) is 11.7. The lowest BCUT2D eigenvalue weighted by Gasteiger charge is -2.28. The number of aromatic nitrogens is 1. The van der Waals surface area contributed by atoms with E-state index in [0.29, 0.717) is 43.3 Å². The van der Waals surface area contributed by atoms with Crippen molar-refractivity contribution in [3.05, 3.63) is 88.5 Å². The number of carbonyl (C=O) groups is 1. The van der Waals surface area contributed by atoms with E-state index >= 15 is 0 Å². The van der Waals surface area contributed by atoms with Gasteiger partial charge < -0.3 is 4.90 Å². The highest BCUT2D eigenvalue weighted by atomic mass is 35.5. The molecule has 0 atom stereocenters. The van der Waals surface area contributed by atoms with E-state index in [4.69, 9.17) is 4.98 Å². The summed E-state index contributed by atoms with van der Waals surface area (Å²) in [6, 6.07) is 18.4. The van der Waals surface area contributed by atoms with Gasteiger partial charge in [0.2, 0.25) is 10.0 Å². The molecule has 0 unspecified atom stereocenters. The maximum atomic E-state index is 13.7. The Hall–Kier alpha value is -2.82.